The van der Waals surface area contributed by atoms with E-state index in [1.54, 1.807) is 30.3 Å². The van der Waals surface area contributed by atoms with Gasteiger partial charge in [-0.05, 0) is 23.8 Å². The van der Waals surface area contributed by atoms with E-state index in [0.29, 0.717) is 17.3 Å². The summed E-state index contributed by atoms with van der Waals surface area (Å²) in [4.78, 5) is 36.6. The molecule has 0 fully saturated rings. The predicted molar refractivity (Wildman–Crippen MR) is 107 cm³/mol. The Morgan fingerprint density at radius 3 is 2.50 bits per heavy atom. The van der Waals surface area contributed by atoms with Gasteiger partial charge in [-0.2, -0.15) is 8.75 Å². The fourth-order valence-corrected chi connectivity index (χ4v) is 3.65. The number of nitrogens with two attached hydrogens (primary N) is 1. The number of benzene rings is 2. The van der Waals surface area contributed by atoms with E-state index in [4.69, 9.17) is 5.73 Å². The van der Waals surface area contributed by atoms with Crippen LogP contribution in [0.5, 0.6) is 11.5 Å². The Morgan fingerprint density at radius 1 is 1.06 bits per heavy atom. The number of hydrogen-bond donors (Lipinski definition) is 2. The van der Waals surface area contributed by atoms with Gasteiger partial charge in [-0.15, -0.1) is 8.78 Å². The summed E-state index contributed by atoms with van der Waals surface area (Å²) in [5.74, 6) is -3.34. The standard InChI is InChI=1S/C20H14F2N4O5S/c21-20(22)30-13-7-6-11(9-14(13)31-20)15-16(26-32-25-15)19(29)24-12(17(27)18(23)28)8-10-4-2-1-3-5-10/h1-7,9,12H,8H2,(H2,23,28)(H,24,29). The molecule has 1 aromatic heterocycles. The summed E-state index contributed by atoms with van der Waals surface area (Å²) in [5.41, 5.74) is 6.02. The summed E-state index contributed by atoms with van der Waals surface area (Å²) in [6.07, 6.45) is -3.76. The highest BCUT2D eigenvalue weighted by Crippen LogP contribution is 2.43. The minimum absolute atomic E-state index is 0.0281. The van der Waals surface area contributed by atoms with Crippen molar-refractivity contribution in [3.63, 3.8) is 0 Å². The Kier molecular flexibility index (Phi) is 5.53. The molecule has 164 valence electrons. The highest BCUT2D eigenvalue weighted by molar-refractivity contribution is 6.99. The lowest BCUT2D eigenvalue weighted by Crippen LogP contribution is -2.47. The number of halogens is 2. The van der Waals surface area contributed by atoms with E-state index in [9.17, 15) is 23.2 Å². The number of carbonyl (C=O) groups excluding carboxylic acids is 3. The molecule has 4 rings (SSSR count). The number of amides is 2. The van der Waals surface area contributed by atoms with Gasteiger partial charge in [0.15, 0.2) is 17.2 Å². The number of nitrogens with one attached hydrogen (secondary N) is 1. The minimum Gasteiger partial charge on any atom is -0.395 e. The van der Waals surface area contributed by atoms with Gasteiger partial charge >= 0.3 is 6.29 Å². The van der Waals surface area contributed by atoms with Crippen molar-refractivity contribution < 1.29 is 32.6 Å². The van der Waals surface area contributed by atoms with Crippen LogP contribution in [0.1, 0.15) is 16.1 Å². The highest BCUT2D eigenvalue weighted by atomic mass is 32.1. The van der Waals surface area contributed by atoms with Gasteiger partial charge in [0.05, 0.1) is 11.7 Å². The molecule has 2 amide bonds. The molecule has 2 heterocycles. The Morgan fingerprint density at radius 2 is 1.78 bits per heavy atom. The van der Waals surface area contributed by atoms with Crippen LogP contribution in [-0.4, -0.2) is 38.7 Å². The minimum atomic E-state index is -3.79. The van der Waals surface area contributed by atoms with E-state index in [-0.39, 0.29) is 34.9 Å². The Hall–Kier alpha value is -3.93. The number of hydrogen-bond acceptors (Lipinski definition) is 8. The van der Waals surface area contributed by atoms with Crippen molar-refractivity contribution in [2.75, 3.05) is 0 Å². The molecule has 1 unspecified atom stereocenters. The molecule has 2 aromatic carbocycles. The van der Waals surface area contributed by atoms with Crippen molar-refractivity contribution in [1.29, 1.82) is 0 Å². The molecule has 0 bridgehead atoms. The number of Topliss-reactive ketones (excluding diaryl/α,β-unsaturated/α-hetero) is 1. The second kappa shape index (κ2) is 8.30. The number of ether oxygens (including phenoxy) is 2. The van der Waals surface area contributed by atoms with Crippen LogP contribution in [-0.2, 0) is 16.0 Å². The second-order valence-corrected chi connectivity index (χ2v) is 7.26. The largest absolute Gasteiger partial charge is 0.586 e. The molecule has 0 radical (unpaired) electrons. The molecule has 3 aromatic rings. The number of alkyl halides is 2. The highest BCUT2D eigenvalue weighted by Gasteiger charge is 2.43. The van der Waals surface area contributed by atoms with Gasteiger partial charge in [-0.3, -0.25) is 14.4 Å². The van der Waals surface area contributed by atoms with Gasteiger partial charge in [0.2, 0.25) is 5.78 Å². The van der Waals surface area contributed by atoms with E-state index in [1.807, 2.05) is 0 Å². The van der Waals surface area contributed by atoms with Gasteiger partial charge in [0, 0.05) is 12.0 Å². The summed E-state index contributed by atoms with van der Waals surface area (Å²) in [6, 6.07) is 11.4. The smallest absolute Gasteiger partial charge is 0.395 e. The molecule has 0 saturated carbocycles. The van der Waals surface area contributed by atoms with E-state index in [2.05, 4.69) is 23.5 Å². The van der Waals surface area contributed by atoms with Crippen molar-refractivity contribution in [3.8, 4) is 22.8 Å². The molecular weight excluding hydrogens is 446 g/mol. The number of aromatic nitrogens is 2. The quantitative estimate of drug-likeness (QED) is 0.515. The third kappa shape index (κ3) is 4.39. The van der Waals surface area contributed by atoms with Gasteiger partial charge in [-0.25, -0.2) is 0 Å². The van der Waals surface area contributed by atoms with E-state index in [1.165, 1.54) is 18.2 Å². The van der Waals surface area contributed by atoms with Crippen molar-refractivity contribution >= 4 is 29.3 Å². The van der Waals surface area contributed by atoms with Crippen LogP contribution in [0.3, 0.4) is 0 Å². The van der Waals surface area contributed by atoms with Crippen LogP contribution in [0.2, 0.25) is 0 Å². The van der Waals surface area contributed by atoms with Crippen LogP contribution in [0.4, 0.5) is 8.78 Å². The maximum atomic E-state index is 13.3. The SMILES string of the molecule is NC(=O)C(=O)C(Cc1ccccc1)NC(=O)c1nsnc1-c1ccc2c(c1)OC(F)(F)O2. The molecular formula is C20H14F2N4O5S. The summed E-state index contributed by atoms with van der Waals surface area (Å²) in [6.45, 7) is 0. The van der Waals surface area contributed by atoms with Gasteiger partial charge < -0.3 is 20.5 Å². The van der Waals surface area contributed by atoms with Crippen LogP contribution in [0.15, 0.2) is 48.5 Å². The zero-order chi connectivity index (χ0) is 22.9. The molecule has 1 atom stereocenters. The number of carbonyl (C=O) groups is 3. The second-order valence-electron chi connectivity index (χ2n) is 6.73. The summed E-state index contributed by atoms with van der Waals surface area (Å²) < 4.78 is 43.3. The Labute approximate surface area is 183 Å². The molecule has 32 heavy (non-hydrogen) atoms. The monoisotopic (exact) mass is 460 g/mol. The van der Waals surface area contributed by atoms with Crippen LogP contribution >= 0.6 is 11.7 Å². The van der Waals surface area contributed by atoms with Crippen LogP contribution in [0, 0.1) is 0 Å². The fraction of sp³-hybridized carbons (Fsp3) is 0.150. The lowest BCUT2D eigenvalue weighted by atomic mass is 10.0. The summed E-state index contributed by atoms with van der Waals surface area (Å²) in [7, 11) is 0. The average molecular weight is 460 g/mol. The normalized spacial score (nSPS) is 14.6. The Balaban J connectivity index is 1.58. The topological polar surface area (TPSA) is 134 Å². The first kappa shape index (κ1) is 21.3. The maximum Gasteiger partial charge on any atom is 0.586 e. The molecule has 3 N–H and O–H groups in total. The van der Waals surface area contributed by atoms with Crippen LogP contribution in [0.25, 0.3) is 11.3 Å². The first-order chi connectivity index (χ1) is 15.2. The first-order valence-electron chi connectivity index (χ1n) is 9.15. The lowest BCUT2D eigenvalue weighted by molar-refractivity contribution is -0.286. The molecule has 1 aliphatic heterocycles. The molecule has 0 saturated heterocycles. The fourth-order valence-electron chi connectivity index (χ4n) is 3.08. The summed E-state index contributed by atoms with van der Waals surface area (Å²) >= 11 is 0.711. The Bertz CT molecular complexity index is 1200. The molecule has 9 nitrogen and oxygen atoms in total. The van der Waals surface area contributed by atoms with E-state index >= 15 is 0 Å². The predicted octanol–water partition coefficient (Wildman–Crippen LogP) is 1.92. The van der Waals surface area contributed by atoms with E-state index in [0.717, 1.165) is 0 Å². The van der Waals surface area contributed by atoms with Crippen molar-refractivity contribution in [2.45, 2.75) is 18.8 Å². The molecule has 0 aliphatic carbocycles. The average Bonchev–Trinajstić information content (AvgIpc) is 3.35. The van der Waals surface area contributed by atoms with Crippen molar-refractivity contribution in [2.24, 2.45) is 5.73 Å². The third-order valence-corrected chi connectivity index (χ3v) is 5.05. The van der Waals surface area contributed by atoms with Crippen molar-refractivity contribution in [1.82, 2.24) is 14.1 Å². The maximum absolute atomic E-state index is 13.3. The molecule has 0 spiro atoms. The zero-order valence-electron chi connectivity index (χ0n) is 16.1. The van der Waals surface area contributed by atoms with Gasteiger partial charge in [0.1, 0.15) is 11.7 Å². The zero-order valence-corrected chi connectivity index (χ0v) is 16.9. The van der Waals surface area contributed by atoms with Gasteiger partial charge in [-0.1, -0.05) is 30.3 Å². The summed E-state index contributed by atoms with van der Waals surface area (Å²) in [5, 5.41) is 2.46. The first-order valence-corrected chi connectivity index (χ1v) is 9.88. The number of nitrogens with zero attached hydrogens (tertiary/aromatic N) is 2. The number of primary amides is 1. The number of ketones is 1. The van der Waals surface area contributed by atoms with E-state index < -0.39 is 29.9 Å². The third-order valence-electron chi connectivity index (χ3n) is 4.53. The van der Waals surface area contributed by atoms with Crippen LogP contribution < -0.4 is 20.5 Å². The molecule has 12 heteroatoms. The molecule has 1 aliphatic rings. The number of fused-ring (bicyclic) bond motifs is 1. The number of rotatable bonds is 7. The lowest BCUT2D eigenvalue weighted by Gasteiger charge is -2.16. The van der Waals surface area contributed by atoms with Crippen molar-refractivity contribution in [3.05, 3.63) is 59.8 Å². The van der Waals surface area contributed by atoms with Gasteiger partial charge in [0.25, 0.3) is 11.8 Å².